The zero-order valence-electron chi connectivity index (χ0n) is 14.4. The molecule has 1 aromatic carbocycles. The average Bonchev–Trinajstić information content (AvgIpc) is 3.03. The van der Waals surface area contributed by atoms with Crippen molar-refractivity contribution < 1.29 is 32.4 Å². The van der Waals surface area contributed by atoms with Gasteiger partial charge < -0.3 is 20.3 Å². The topological polar surface area (TPSA) is 117 Å². The Morgan fingerprint density at radius 3 is 2.33 bits per heavy atom. The van der Waals surface area contributed by atoms with Crippen molar-refractivity contribution in [2.75, 3.05) is 5.32 Å². The molecule has 0 radical (unpaired) electrons. The van der Waals surface area contributed by atoms with E-state index < -0.39 is 29.6 Å². The highest BCUT2D eigenvalue weighted by Gasteiger charge is 2.38. The Kier molecular flexibility index (Phi) is 5.72. The van der Waals surface area contributed by atoms with E-state index in [9.17, 15) is 22.8 Å². The summed E-state index contributed by atoms with van der Waals surface area (Å²) in [6.07, 6.45) is -4.57. The van der Waals surface area contributed by atoms with Gasteiger partial charge in [0.15, 0.2) is 0 Å². The summed E-state index contributed by atoms with van der Waals surface area (Å²) in [5, 5.41) is 17.2. The van der Waals surface area contributed by atoms with Gasteiger partial charge in [-0.15, -0.1) is 0 Å². The first-order chi connectivity index (χ1) is 12.5. The highest BCUT2D eigenvalue weighted by atomic mass is 19.4. The number of carboxylic acid groups (broad SMARTS) is 1. The minimum Gasteiger partial charge on any atom is -0.481 e. The first kappa shape index (κ1) is 20.2. The zero-order valence-corrected chi connectivity index (χ0v) is 14.4. The van der Waals surface area contributed by atoms with Gasteiger partial charge in [-0.05, 0) is 44.5 Å². The maximum atomic E-state index is 12.5. The summed E-state index contributed by atoms with van der Waals surface area (Å²) < 4.78 is 41.6. The molecule has 0 atom stereocenters. The number of carboxylic acids is 1. The minimum absolute atomic E-state index is 0.0907. The molecule has 0 fully saturated rings. The van der Waals surface area contributed by atoms with Crippen molar-refractivity contribution in [3.05, 3.63) is 30.2 Å². The molecule has 27 heavy (non-hydrogen) atoms. The van der Waals surface area contributed by atoms with Crippen LogP contribution in [-0.4, -0.2) is 32.8 Å². The van der Waals surface area contributed by atoms with Gasteiger partial charge in [-0.25, -0.2) is 4.79 Å². The molecule has 0 saturated heterocycles. The van der Waals surface area contributed by atoms with Crippen LogP contribution in [0.4, 0.5) is 23.7 Å². The number of carbonyl (C=O) groups is 2. The number of hydrogen-bond acceptors (Lipinski definition) is 5. The molecule has 3 N–H and O–H groups in total. The molecule has 0 unspecified atom stereocenters. The highest BCUT2D eigenvalue weighted by Crippen LogP contribution is 2.29. The van der Waals surface area contributed by atoms with Crippen LogP contribution in [0.5, 0.6) is 0 Å². The fourth-order valence-corrected chi connectivity index (χ4v) is 2.11. The summed E-state index contributed by atoms with van der Waals surface area (Å²) in [5.74, 6) is -2.63. The monoisotopic (exact) mass is 386 g/mol. The lowest BCUT2D eigenvalue weighted by molar-refractivity contribution is -0.159. The van der Waals surface area contributed by atoms with Gasteiger partial charge in [0.2, 0.25) is 5.82 Å². The standard InChI is InChI=1S/C16H17F3N4O4/c1-15(2,8-7-11(24)25)22-14(26)20-10-5-3-9(4-6-10)12-21-13(27-23-12)16(17,18)19/h3-6H,7-8H2,1-2H3,(H,24,25)(H2,20,22,26). The largest absolute Gasteiger partial charge is 0.481 e. The summed E-state index contributed by atoms with van der Waals surface area (Å²) in [5.41, 5.74) is -0.0760. The van der Waals surface area contributed by atoms with Crippen LogP contribution in [0.1, 0.15) is 32.6 Å². The van der Waals surface area contributed by atoms with E-state index in [1.807, 2.05) is 0 Å². The molecule has 2 amide bonds. The quantitative estimate of drug-likeness (QED) is 0.699. The molecule has 0 aliphatic carbocycles. The van der Waals surface area contributed by atoms with Crippen LogP contribution in [0.3, 0.4) is 0 Å². The molecular weight excluding hydrogens is 369 g/mol. The van der Waals surface area contributed by atoms with Crippen LogP contribution in [0.15, 0.2) is 28.8 Å². The maximum Gasteiger partial charge on any atom is 0.471 e. The normalized spacial score (nSPS) is 11.9. The molecule has 0 aliphatic heterocycles. The molecule has 8 nitrogen and oxygen atoms in total. The van der Waals surface area contributed by atoms with E-state index in [0.717, 1.165) is 0 Å². The minimum atomic E-state index is -4.72. The van der Waals surface area contributed by atoms with Crippen LogP contribution in [-0.2, 0) is 11.0 Å². The predicted molar refractivity (Wildman–Crippen MR) is 87.8 cm³/mol. The molecular formula is C16H17F3N4O4. The molecule has 2 aromatic rings. The number of benzene rings is 1. The number of nitrogens with zero attached hydrogens (tertiary/aromatic N) is 2. The number of hydrogen-bond donors (Lipinski definition) is 3. The van der Waals surface area contributed by atoms with Gasteiger partial charge in [0.25, 0.3) is 0 Å². The van der Waals surface area contributed by atoms with Gasteiger partial charge in [0.1, 0.15) is 0 Å². The lowest BCUT2D eigenvalue weighted by Crippen LogP contribution is -2.45. The number of aliphatic carboxylic acids is 1. The Morgan fingerprint density at radius 2 is 1.81 bits per heavy atom. The summed E-state index contributed by atoms with van der Waals surface area (Å²) in [7, 11) is 0. The van der Waals surface area contributed by atoms with E-state index in [4.69, 9.17) is 5.11 Å². The maximum absolute atomic E-state index is 12.5. The van der Waals surface area contributed by atoms with Crippen molar-refractivity contribution in [1.82, 2.24) is 15.5 Å². The summed E-state index contributed by atoms with van der Waals surface area (Å²) in [4.78, 5) is 25.9. The SMILES string of the molecule is CC(C)(CCC(=O)O)NC(=O)Nc1ccc(-c2noc(C(F)(F)F)n2)cc1. The van der Waals surface area contributed by atoms with Crippen molar-refractivity contribution in [2.45, 2.75) is 38.4 Å². The summed E-state index contributed by atoms with van der Waals surface area (Å²) >= 11 is 0. The Bertz CT molecular complexity index is 816. The number of rotatable bonds is 6. The van der Waals surface area contributed by atoms with Crippen molar-refractivity contribution in [3.8, 4) is 11.4 Å². The van der Waals surface area contributed by atoms with Gasteiger partial charge in [-0.3, -0.25) is 4.79 Å². The Hall–Kier alpha value is -3.11. The van der Waals surface area contributed by atoms with Gasteiger partial charge in [-0.2, -0.15) is 18.2 Å². The lowest BCUT2D eigenvalue weighted by Gasteiger charge is -2.25. The van der Waals surface area contributed by atoms with Crippen molar-refractivity contribution >= 4 is 17.7 Å². The number of anilines is 1. The van der Waals surface area contributed by atoms with E-state index in [0.29, 0.717) is 5.69 Å². The third kappa shape index (κ3) is 5.97. The second-order valence-corrected chi connectivity index (χ2v) is 6.35. The van der Waals surface area contributed by atoms with Crippen molar-refractivity contribution in [1.29, 1.82) is 0 Å². The van der Waals surface area contributed by atoms with Crippen molar-refractivity contribution in [3.63, 3.8) is 0 Å². The van der Waals surface area contributed by atoms with E-state index in [1.54, 1.807) is 13.8 Å². The second kappa shape index (κ2) is 7.64. The number of amides is 2. The smallest absolute Gasteiger partial charge is 0.471 e. The third-order valence-electron chi connectivity index (χ3n) is 3.49. The number of nitrogens with one attached hydrogen (secondary N) is 2. The second-order valence-electron chi connectivity index (χ2n) is 6.35. The van der Waals surface area contributed by atoms with Crippen LogP contribution < -0.4 is 10.6 Å². The predicted octanol–water partition coefficient (Wildman–Crippen LogP) is 3.52. The Balaban J connectivity index is 1.98. The molecule has 0 saturated carbocycles. The molecule has 1 heterocycles. The Labute approximate surface area is 151 Å². The average molecular weight is 386 g/mol. The van der Waals surface area contributed by atoms with Crippen molar-refractivity contribution in [2.24, 2.45) is 0 Å². The number of halogens is 3. The van der Waals surface area contributed by atoms with E-state index in [-0.39, 0.29) is 24.2 Å². The van der Waals surface area contributed by atoms with Crippen LogP contribution in [0, 0.1) is 0 Å². The first-order valence-corrected chi connectivity index (χ1v) is 7.78. The van der Waals surface area contributed by atoms with Crippen LogP contribution >= 0.6 is 0 Å². The molecule has 0 aliphatic rings. The number of aromatic nitrogens is 2. The summed E-state index contributed by atoms with van der Waals surface area (Å²) in [6, 6.07) is 5.23. The van der Waals surface area contributed by atoms with Gasteiger partial charge >= 0.3 is 24.1 Å². The fourth-order valence-electron chi connectivity index (χ4n) is 2.11. The molecule has 0 spiro atoms. The first-order valence-electron chi connectivity index (χ1n) is 7.78. The van der Waals surface area contributed by atoms with E-state index >= 15 is 0 Å². The van der Waals surface area contributed by atoms with E-state index in [2.05, 4.69) is 25.3 Å². The molecule has 1 aromatic heterocycles. The molecule has 146 valence electrons. The lowest BCUT2D eigenvalue weighted by atomic mass is 9.99. The van der Waals surface area contributed by atoms with Gasteiger partial charge in [0, 0.05) is 23.2 Å². The molecule has 11 heteroatoms. The Morgan fingerprint density at radius 1 is 1.19 bits per heavy atom. The van der Waals surface area contributed by atoms with Gasteiger partial charge in [-0.1, -0.05) is 5.16 Å². The number of carbonyl (C=O) groups excluding carboxylic acids is 1. The van der Waals surface area contributed by atoms with Crippen LogP contribution in [0.2, 0.25) is 0 Å². The van der Waals surface area contributed by atoms with Gasteiger partial charge in [0.05, 0.1) is 0 Å². The molecule has 2 rings (SSSR count). The fraction of sp³-hybridized carbons (Fsp3) is 0.375. The number of alkyl halides is 3. The molecule has 0 bridgehead atoms. The number of urea groups is 1. The summed E-state index contributed by atoms with van der Waals surface area (Å²) in [6.45, 7) is 3.38. The highest BCUT2D eigenvalue weighted by molar-refractivity contribution is 5.90. The van der Waals surface area contributed by atoms with Crippen LogP contribution in [0.25, 0.3) is 11.4 Å². The zero-order chi connectivity index (χ0) is 20.2. The third-order valence-corrected chi connectivity index (χ3v) is 3.49. The van der Waals surface area contributed by atoms with E-state index in [1.165, 1.54) is 24.3 Å².